The lowest BCUT2D eigenvalue weighted by atomic mass is 10.1. The van der Waals surface area contributed by atoms with Crippen LogP contribution in [0, 0.1) is 5.82 Å². The second-order valence-electron chi connectivity index (χ2n) is 6.85. The van der Waals surface area contributed by atoms with E-state index < -0.39 is 0 Å². The van der Waals surface area contributed by atoms with Gasteiger partial charge in [-0.05, 0) is 30.3 Å². The van der Waals surface area contributed by atoms with Crippen molar-refractivity contribution in [3.05, 3.63) is 57.7 Å². The van der Waals surface area contributed by atoms with Gasteiger partial charge >= 0.3 is 0 Å². The van der Waals surface area contributed by atoms with Crippen LogP contribution in [0.1, 0.15) is 15.2 Å². The zero-order valence-corrected chi connectivity index (χ0v) is 17.7. The standard InChI is InChI=1S/C21H19ClFN3O3S/c1-29-11-13-19-15(23)3-2-4-17(19)30-20(13)21(28)25-12-5-6-16(14(22)9-12)26-8-7-24-18(27)10-26/h2-6,9H,7-8,10-11H2,1H3,(H,24,27)(H,25,28). The van der Waals surface area contributed by atoms with E-state index in [1.165, 1.54) is 24.5 Å². The molecule has 4 rings (SSSR count). The summed E-state index contributed by atoms with van der Waals surface area (Å²) in [5.41, 5.74) is 1.76. The number of amides is 2. The molecule has 0 saturated carbocycles. The summed E-state index contributed by atoms with van der Waals surface area (Å²) in [7, 11) is 1.51. The minimum atomic E-state index is -0.382. The number of halogens is 2. The Kier molecular flexibility index (Phi) is 5.90. The number of nitrogens with zero attached hydrogens (tertiary/aromatic N) is 1. The van der Waals surface area contributed by atoms with Crippen molar-refractivity contribution >= 4 is 56.2 Å². The van der Waals surface area contributed by atoms with Crippen LogP contribution in [-0.2, 0) is 16.1 Å². The highest BCUT2D eigenvalue weighted by Gasteiger charge is 2.22. The molecule has 2 N–H and O–H groups in total. The van der Waals surface area contributed by atoms with Gasteiger partial charge in [0.15, 0.2) is 0 Å². The first kappa shape index (κ1) is 20.6. The van der Waals surface area contributed by atoms with Crippen LogP contribution in [0.2, 0.25) is 5.02 Å². The molecule has 0 spiro atoms. The van der Waals surface area contributed by atoms with Crippen LogP contribution >= 0.6 is 22.9 Å². The molecule has 1 saturated heterocycles. The van der Waals surface area contributed by atoms with Crippen LogP contribution in [0.15, 0.2) is 36.4 Å². The number of nitrogens with one attached hydrogen (secondary N) is 2. The quantitative estimate of drug-likeness (QED) is 0.619. The van der Waals surface area contributed by atoms with E-state index >= 15 is 0 Å². The minimum absolute atomic E-state index is 0.0580. The Labute approximate surface area is 181 Å². The molecule has 1 fully saturated rings. The minimum Gasteiger partial charge on any atom is -0.380 e. The van der Waals surface area contributed by atoms with Crippen molar-refractivity contribution in [3.8, 4) is 0 Å². The highest BCUT2D eigenvalue weighted by atomic mass is 35.5. The summed E-state index contributed by atoms with van der Waals surface area (Å²) in [5, 5.41) is 6.44. The van der Waals surface area contributed by atoms with Gasteiger partial charge < -0.3 is 20.3 Å². The summed E-state index contributed by atoms with van der Waals surface area (Å²) < 4.78 is 20.2. The lowest BCUT2D eigenvalue weighted by Crippen LogP contribution is -2.47. The molecule has 2 heterocycles. The third kappa shape index (κ3) is 3.98. The number of fused-ring (bicyclic) bond motifs is 1. The predicted molar refractivity (Wildman–Crippen MR) is 117 cm³/mol. The Morgan fingerprint density at radius 2 is 2.20 bits per heavy atom. The van der Waals surface area contributed by atoms with E-state index in [1.807, 2.05) is 4.90 Å². The molecule has 0 aliphatic carbocycles. The van der Waals surface area contributed by atoms with Gasteiger partial charge in [0.2, 0.25) is 5.91 Å². The first-order valence-electron chi connectivity index (χ1n) is 9.29. The van der Waals surface area contributed by atoms with E-state index in [2.05, 4.69) is 10.6 Å². The largest absolute Gasteiger partial charge is 0.380 e. The highest BCUT2D eigenvalue weighted by molar-refractivity contribution is 7.21. The number of hydrogen-bond donors (Lipinski definition) is 2. The Morgan fingerprint density at radius 1 is 1.37 bits per heavy atom. The molecular weight excluding hydrogens is 429 g/mol. The van der Waals surface area contributed by atoms with Crippen molar-refractivity contribution in [1.82, 2.24) is 5.32 Å². The van der Waals surface area contributed by atoms with Crippen molar-refractivity contribution in [1.29, 1.82) is 0 Å². The molecule has 9 heteroatoms. The highest BCUT2D eigenvalue weighted by Crippen LogP contribution is 2.35. The van der Waals surface area contributed by atoms with Crippen LogP contribution in [-0.4, -0.2) is 38.6 Å². The molecule has 156 valence electrons. The molecule has 0 radical (unpaired) electrons. The van der Waals surface area contributed by atoms with Crippen molar-refractivity contribution in [2.24, 2.45) is 0 Å². The smallest absolute Gasteiger partial charge is 0.266 e. The summed E-state index contributed by atoms with van der Waals surface area (Å²) in [5.74, 6) is -0.797. The lowest BCUT2D eigenvalue weighted by Gasteiger charge is -2.29. The average Bonchev–Trinajstić information content (AvgIpc) is 3.08. The van der Waals surface area contributed by atoms with Crippen molar-refractivity contribution in [3.63, 3.8) is 0 Å². The molecule has 6 nitrogen and oxygen atoms in total. The molecule has 0 atom stereocenters. The summed E-state index contributed by atoms with van der Waals surface area (Å²) >= 11 is 7.63. The first-order chi connectivity index (χ1) is 14.5. The molecule has 0 bridgehead atoms. The van der Waals surface area contributed by atoms with Crippen LogP contribution in [0.3, 0.4) is 0 Å². The van der Waals surface area contributed by atoms with E-state index in [-0.39, 0.29) is 30.8 Å². The maximum Gasteiger partial charge on any atom is 0.266 e. The normalized spacial score (nSPS) is 14.1. The van der Waals surface area contributed by atoms with Crippen molar-refractivity contribution in [2.75, 3.05) is 37.0 Å². The number of thiophene rings is 1. The van der Waals surface area contributed by atoms with E-state index in [4.69, 9.17) is 16.3 Å². The monoisotopic (exact) mass is 447 g/mol. The number of carbonyl (C=O) groups excluding carboxylic acids is 2. The Hall–Kier alpha value is -2.68. The number of benzene rings is 2. The van der Waals surface area contributed by atoms with Crippen LogP contribution in [0.5, 0.6) is 0 Å². The predicted octanol–water partition coefficient (Wildman–Crippen LogP) is 4.03. The van der Waals surface area contributed by atoms with Gasteiger partial charge in [-0.15, -0.1) is 11.3 Å². The van der Waals surface area contributed by atoms with E-state index in [0.717, 1.165) is 5.69 Å². The van der Waals surface area contributed by atoms with Crippen LogP contribution < -0.4 is 15.5 Å². The topological polar surface area (TPSA) is 70.7 Å². The number of piperazine rings is 1. The second-order valence-corrected chi connectivity index (χ2v) is 8.31. The van der Waals surface area contributed by atoms with Gasteiger partial charge in [-0.2, -0.15) is 0 Å². The molecule has 1 aromatic heterocycles. The van der Waals surface area contributed by atoms with Gasteiger partial charge in [-0.3, -0.25) is 9.59 Å². The number of carbonyl (C=O) groups is 2. The average molecular weight is 448 g/mol. The molecule has 2 aromatic carbocycles. The number of anilines is 2. The van der Waals surface area contributed by atoms with Gasteiger partial charge in [0.25, 0.3) is 5.91 Å². The number of rotatable bonds is 5. The van der Waals surface area contributed by atoms with Gasteiger partial charge in [-0.25, -0.2) is 4.39 Å². The Balaban J connectivity index is 1.60. The maximum absolute atomic E-state index is 14.3. The van der Waals surface area contributed by atoms with Crippen LogP contribution in [0.4, 0.5) is 15.8 Å². The molecule has 0 unspecified atom stereocenters. The van der Waals surface area contributed by atoms with E-state index in [0.29, 0.717) is 44.3 Å². The lowest BCUT2D eigenvalue weighted by molar-refractivity contribution is -0.120. The van der Waals surface area contributed by atoms with Crippen molar-refractivity contribution in [2.45, 2.75) is 6.61 Å². The third-order valence-electron chi connectivity index (χ3n) is 4.84. The third-order valence-corrected chi connectivity index (χ3v) is 6.34. The fourth-order valence-electron chi connectivity index (χ4n) is 3.51. The number of methoxy groups -OCH3 is 1. The zero-order valence-electron chi connectivity index (χ0n) is 16.1. The van der Waals surface area contributed by atoms with Gasteiger partial charge in [-0.1, -0.05) is 17.7 Å². The SMILES string of the molecule is COCc1c(C(=O)Nc2ccc(N3CCNC(=O)C3)c(Cl)c2)sc2cccc(F)c12. The molecule has 3 aromatic rings. The summed E-state index contributed by atoms with van der Waals surface area (Å²) in [6, 6.07) is 9.92. The Morgan fingerprint density at radius 3 is 2.93 bits per heavy atom. The Bertz CT molecular complexity index is 1130. The summed E-state index contributed by atoms with van der Waals surface area (Å²) in [6.45, 7) is 1.57. The second kappa shape index (κ2) is 8.59. The molecular formula is C21H19ClFN3O3S. The zero-order chi connectivity index (χ0) is 21.3. The van der Waals surface area contributed by atoms with E-state index in [9.17, 15) is 14.0 Å². The van der Waals surface area contributed by atoms with E-state index in [1.54, 1.807) is 30.3 Å². The fourth-order valence-corrected chi connectivity index (χ4v) is 4.92. The molecule has 30 heavy (non-hydrogen) atoms. The maximum atomic E-state index is 14.3. The van der Waals surface area contributed by atoms with Crippen molar-refractivity contribution < 1.29 is 18.7 Å². The van der Waals surface area contributed by atoms with Gasteiger partial charge in [0.05, 0.1) is 28.7 Å². The summed E-state index contributed by atoms with van der Waals surface area (Å²) in [6.07, 6.45) is 0. The number of hydrogen-bond acceptors (Lipinski definition) is 5. The molecule has 1 aliphatic rings. The molecule has 1 aliphatic heterocycles. The number of ether oxygens (including phenoxy) is 1. The first-order valence-corrected chi connectivity index (χ1v) is 10.5. The van der Waals surface area contributed by atoms with Gasteiger partial charge in [0.1, 0.15) is 5.82 Å². The van der Waals surface area contributed by atoms with Gasteiger partial charge in [0, 0.05) is 41.5 Å². The molecule has 2 amide bonds. The fraction of sp³-hybridized carbons (Fsp3) is 0.238. The summed E-state index contributed by atoms with van der Waals surface area (Å²) in [4.78, 5) is 26.8. The van der Waals surface area contributed by atoms with Crippen LogP contribution in [0.25, 0.3) is 10.1 Å².